The Bertz CT molecular complexity index is 1130. The Balaban J connectivity index is 1.39. The topological polar surface area (TPSA) is 92.1 Å². The van der Waals surface area contributed by atoms with E-state index in [1.807, 2.05) is 26.1 Å². The highest BCUT2D eigenvalue weighted by molar-refractivity contribution is 5.99. The fourth-order valence-electron chi connectivity index (χ4n) is 3.35. The van der Waals surface area contributed by atoms with E-state index in [4.69, 9.17) is 0 Å². The lowest BCUT2D eigenvalue weighted by Gasteiger charge is -2.15. The van der Waals surface area contributed by atoms with Gasteiger partial charge in [-0.3, -0.25) is 14.3 Å². The molecular formula is C21H21FN6O2. The maximum absolute atomic E-state index is 13.7. The van der Waals surface area contributed by atoms with Crippen LogP contribution in [0, 0.1) is 12.7 Å². The number of carbonyl (C=O) groups excluding carboxylic acids is 2. The summed E-state index contributed by atoms with van der Waals surface area (Å²) in [7, 11) is 1.81. The van der Waals surface area contributed by atoms with Crippen molar-refractivity contribution in [2.24, 2.45) is 7.05 Å². The Kier molecular flexibility index (Phi) is 5.18. The summed E-state index contributed by atoms with van der Waals surface area (Å²) in [6.07, 6.45) is 0. The van der Waals surface area contributed by atoms with Crippen molar-refractivity contribution in [3.8, 4) is 0 Å². The molecule has 0 saturated heterocycles. The largest absolute Gasteiger partial charge is 0.350 e. The Hall–Kier alpha value is -3.75. The van der Waals surface area contributed by atoms with Crippen molar-refractivity contribution in [1.82, 2.24) is 25.0 Å². The van der Waals surface area contributed by atoms with Crippen molar-refractivity contribution in [3.63, 3.8) is 0 Å². The fraction of sp³-hybridized carbons (Fsp3) is 0.238. The molecule has 4 rings (SSSR count). The SMILES string of the molecule is Cc1cc(Nc2ccc3c(n2)C(=O)N(CC(=O)NCc2ccccc2F)C3)n(C)n1. The molecule has 8 nitrogen and oxygen atoms in total. The average molecular weight is 408 g/mol. The van der Waals surface area contributed by atoms with Crippen molar-refractivity contribution < 1.29 is 14.0 Å². The second-order valence-electron chi connectivity index (χ2n) is 7.15. The molecule has 0 spiro atoms. The molecule has 2 amide bonds. The number of aryl methyl sites for hydroxylation is 2. The molecule has 0 atom stereocenters. The maximum atomic E-state index is 13.7. The molecule has 0 saturated carbocycles. The summed E-state index contributed by atoms with van der Waals surface area (Å²) in [5.41, 5.74) is 2.34. The van der Waals surface area contributed by atoms with Gasteiger partial charge in [0.15, 0.2) is 0 Å². The number of halogens is 1. The molecule has 3 heterocycles. The molecule has 3 aromatic rings. The van der Waals surface area contributed by atoms with E-state index in [-0.39, 0.29) is 30.7 Å². The van der Waals surface area contributed by atoms with Crippen LogP contribution in [0.2, 0.25) is 0 Å². The summed E-state index contributed by atoms with van der Waals surface area (Å²) in [6.45, 7) is 2.14. The van der Waals surface area contributed by atoms with E-state index in [2.05, 4.69) is 20.7 Å². The Morgan fingerprint density at radius 2 is 2.03 bits per heavy atom. The number of fused-ring (bicyclic) bond motifs is 1. The smallest absolute Gasteiger partial charge is 0.273 e. The number of benzene rings is 1. The minimum atomic E-state index is -0.379. The molecular weight excluding hydrogens is 387 g/mol. The lowest BCUT2D eigenvalue weighted by atomic mass is 10.2. The Morgan fingerprint density at radius 3 is 2.77 bits per heavy atom. The van der Waals surface area contributed by atoms with Gasteiger partial charge in [-0.05, 0) is 19.1 Å². The van der Waals surface area contributed by atoms with Crippen LogP contribution in [0.5, 0.6) is 0 Å². The summed E-state index contributed by atoms with van der Waals surface area (Å²) in [5, 5.41) is 10.1. The number of carbonyl (C=O) groups is 2. The standard InChI is InChI=1S/C21H21FN6O2/c1-13-9-18(27(2)26-13)24-17-8-7-15-11-28(21(30)20(15)25-17)12-19(29)23-10-14-5-3-4-6-16(14)22/h3-9H,10-12H2,1-2H3,(H,23,29)(H,24,25). The van der Waals surface area contributed by atoms with Crippen molar-refractivity contribution in [2.45, 2.75) is 20.0 Å². The predicted octanol–water partition coefficient (Wildman–Crippen LogP) is 2.28. The third kappa shape index (κ3) is 4.00. The van der Waals surface area contributed by atoms with Gasteiger partial charge in [0.05, 0.1) is 5.69 Å². The van der Waals surface area contributed by atoms with Crippen LogP contribution in [0.3, 0.4) is 0 Å². The number of rotatable bonds is 6. The van der Waals surface area contributed by atoms with Gasteiger partial charge in [0.25, 0.3) is 5.91 Å². The van der Waals surface area contributed by atoms with Crippen LogP contribution in [0.1, 0.15) is 27.3 Å². The molecule has 154 valence electrons. The minimum Gasteiger partial charge on any atom is -0.350 e. The number of nitrogens with zero attached hydrogens (tertiary/aromatic N) is 4. The van der Waals surface area contributed by atoms with Crippen molar-refractivity contribution >= 4 is 23.5 Å². The highest BCUT2D eigenvalue weighted by Crippen LogP contribution is 2.24. The highest BCUT2D eigenvalue weighted by atomic mass is 19.1. The van der Waals surface area contributed by atoms with Crippen molar-refractivity contribution in [1.29, 1.82) is 0 Å². The number of aromatic nitrogens is 3. The average Bonchev–Trinajstić information content (AvgIpc) is 3.19. The van der Waals surface area contributed by atoms with Gasteiger partial charge in [0.1, 0.15) is 29.7 Å². The van der Waals surface area contributed by atoms with Gasteiger partial charge in [0, 0.05) is 37.3 Å². The predicted molar refractivity (Wildman–Crippen MR) is 108 cm³/mol. The van der Waals surface area contributed by atoms with Gasteiger partial charge in [-0.25, -0.2) is 9.37 Å². The van der Waals surface area contributed by atoms with E-state index >= 15 is 0 Å². The summed E-state index contributed by atoms with van der Waals surface area (Å²) >= 11 is 0. The normalized spacial score (nSPS) is 12.8. The molecule has 2 N–H and O–H groups in total. The summed E-state index contributed by atoms with van der Waals surface area (Å²) in [5.74, 6) is 0.236. The van der Waals surface area contributed by atoms with Crippen LogP contribution in [-0.2, 0) is 24.9 Å². The van der Waals surface area contributed by atoms with Gasteiger partial charge in [-0.1, -0.05) is 24.3 Å². The van der Waals surface area contributed by atoms with E-state index in [9.17, 15) is 14.0 Å². The van der Waals surface area contributed by atoms with Crippen LogP contribution < -0.4 is 10.6 Å². The van der Waals surface area contributed by atoms with Crippen LogP contribution in [-0.4, -0.2) is 38.0 Å². The molecule has 1 aromatic carbocycles. The maximum Gasteiger partial charge on any atom is 0.273 e. The monoisotopic (exact) mass is 408 g/mol. The van der Waals surface area contributed by atoms with Gasteiger partial charge < -0.3 is 15.5 Å². The Morgan fingerprint density at radius 1 is 1.23 bits per heavy atom. The first-order chi connectivity index (χ1) is 14.4. The number of hydrogen-bond donors (Lipinski definition) is 2. The number of nitrogens with one attached hydrogen (secondary N) is 2. The molecule has 1 aliphatic rings. The first-order valence-electron chi connectivity index (χ1n) is 9.47. The van der Waals surface area contributed by atoms with E-state index in [1.54, 1.807) is 28.9 Å². The molecule has 0 fully saturated rings. The third-order valence-corrected chi connectivity index (χ3v) is 4.86. The molecule has 0 aliphatic carbocycles. The molecule has 30 heavy (non-hydrogen) atoms. The molecule has 1 aliphatic heterocycles. The lowest BCUT2D eigenvalue weighted by molar-refractivity contribution is -0.122. The first-order valence-corrected chi connectivity index (χ1v) is 9.47. The number of hydrogen-bond acceptors (Lipinski definition) is 5. The summed E-state index contributed by atoms with van der Waals surface area (Å²) < 4.78 is 15.4. The van der Waals surface area contributed by atoms with Crippen LogP contribution >= 0.6 is 0 Å². The highest BCUT2D eigenvalue weighted by Gasteiger charge is 2.30. The Labute approximate surface area is 172 Å². The second-order valence-corrected chi connectivity index (χ2v) is 7.15. The van der Waals surface area contributed by atoms with E-state index < -0.39 is 0 Å². The minimum absolute atomic E-state index is 0.0664. The second kappa shape index (κ2) is 7.94. The number of anilines is 2. The summed E-state index contributed by atoms with van der Waals surface area (Å²) in [4.78, 5) is 30.8. The van der Waals surface area contributed by atoms with E-state index in [1.165, 1.54) is 11.0 Å². The lowest BCUT2D eigenvalue weighted by Crippen LogP contribution is -2.37. The van der Waals surface area contributed by atoms with Crippen LogP contribution in [0.25, 0.3) is 0 Å². The van der Waals surface area contributed by atoms with Gasteiger partial charge >= 0.3 is 0 Å². The molecule has 0 unspecified atom stereocenters. The van der Waals surface area contributed by atoms with Crippen molar-refractivity contribution in [2.75, 3.05) is 11.9 Å². The number of amides is 2. The van der Waals surface area contributed by atoms with Gasteiger partial charge in [0.2, 0.25) is 5.91 Å². The zero-order valence-corrected chi connectivity index (χ0v) is 16.6. The van der Waals surface area contributed by atoms with Crippen LogP contribution in [0.4, 0.5) is 16.0 Å². The van der Waals surface area contributed by atoms with Crippen LogP contribution in [0.15, 0.2) is 42.5 Å². The number of pyridine rings is 1. The zero-order valence-electron chi connectivity index (χ0n) is 16.6. The third-order valence-electron chi connectivity index (χ3n) is 4.86. The summed E-state index contributed by atoms with van der Waals surface area (Å²) in [6, 6.07) is 11.7. The molecule has 9 heteroatoms. The molecule has 2 aromatic heterocycles. The molecule has 0 radical (unpaired) electrons. The quantitative estimate of drug-likeness (QED) is 0.653. The van der Waals surface area contributed by atoms with E-state index in [0.29, 0.717) is 23.6 Å². The van der Waals surface area contributed by atoms with Gasteiger partial charge in [-0.2, -0.15) is 5.10 Å². The van der Waals surface area contributed by atoms with Crippen molar-refractivity contribution in [3.05, 3.63) is 70.8 Å². The first kappa shape index (κ1) is 19.6. The van der Waals surface area contributed by atoms with Gasteiger partial charge in [-0.15, -0.1) is 0 Å². The molecule has 0 bridgehead atoms. The van der Waals surface area contributed by atoms with E-state index in [0.717, 1.165) is 17.1 Å². The fourth-order valence-corrected chi connectivity index (χ4v) is 3.35. The zero-order chi connectivity index (χ0) is 21.3.